The second kappa shape index (κ2) is 9.52. The first-order chi connectivity index (χ1) is 16.6. The number of carbonyl (C=O) groups is 1. The molecule has 0 spiro atoms. The summed E-state index contributed by atoms with van der Waals surface area (Å²) in [5.41, 5.74) is 3.20. The van der Waals surface area contributed by atoms with Crippen molar-refractivity contribution in [2.24, 2.45) is 16.1 Å². The van der Waals surface area contributed by atoms with E-state index in [4.69, 9.17) is 0 Å². The van der Waals surface area contributed by atoms with E-state index in [1.165, 1.54) is 10.2 Å². The summed E-state index contributed by atoms with van der Waals surface area (Å²) in [6, 6.07) is 13.0. The first-order valence-corrected chi connectivity index (χ1v) is 11.9. The number of aromatic amines is 1. The number of H-pyrrole nitrogens is 1. The van der Waals surface area contributed by atoms with Crippen molar-refractivity contribution in [2.75, 3.05) is 0 Å². The number of aryl methyl sites for hydroxylation is 1. The van der Waals surface area contributed by atoms with Crippen LogP contribution in [0.5, 0.6) is 5.75 Å². The zero-order valence-electron chi connectivity index (χ0n) is 20.6. The monoisotopic (exact) mass is 476 g/mol. The van der Waals surface area contributed by atoms with Gasteiger partial charge in [-0.3, -0.25) is 14.7 Å². The number of hydrogen-bond acceptors (Lipinski definition) is 5. The van der Waals surface area contributed by atoms with Crippen LogP contribution in [0.2, 0.25) is 0 Å². The smallest absolute Gasteiger partial charge is 0.306 e. The summed E-state index contributed by atoms with van der Waals surface area (Å²) in [5.74, 6) is -1.27. The van der Waals surface area contributed by atoms with Crippen molar-refractivity contribution in [1.82, 2.24) is 9.78 Å². The number of hydrogen-bond donors (Lipinski definition) is 3. The van der Waals surface area contributed by atoms with Gasteiger partial charge in [-0.2, -0.15) is 0 Å². The van der Waals surface area contributed by atoms with Gasteiger partial charge in [-0.05, 0) is 66.8 Å². The van der Waals surface area contributed by atoms with Gasteiger partial charge in [0, 0.05) is 0 Å². The number of nitrogens with one attached hydrogen (secondary N) is 1. The van der Waals surface area contributed by atoms with E-state index in [1.807, 2.05) is 24.3 Å². The van der Waals surface area contributed by atoms with E-state index in [1.54, 1.807) is 25.1 Å². The molecule has 4 rings (SSSR count). The number of carboxylic acids is 1. The Bertz CT molecular complexity index is 1310. The average Bonchev–Trinajstić information content (AvgIpc) is 3.11. The fourth-order valence-corrected chi connectivity index (χ4v) is 4.71. The number of rotatable bonds is 5. The standard InChI is InChI=1S/C27H32N4O4/c1-16-23(25(33)31(30-16)20-13-11-19(12-14-20)27(2,3)4)29-28-22-10-6-9-21(24(22)32)17-7-5-8-18(15-17)26(34)35/h6,9-14,17-18,30,32H,5,7-8,15H2,1-4H3,(H,34,35). The molecule has 1 heterocycles. The molecule has 3 N–H and O–H groups in total. The minimum absolute atomic E-state index is 0.0111. The molecule has 1 aliphatic rings. The second-order valence-electron chi connectivity index (χ2n) is 10.3. The quantitative estimate of drug-likeness (QED) is 0.377. The van der Waals surface area contributed by atoms with E-state index in [9.17, 15) is 19.8 Å². The Balaban J connectivity index is 1.60. The molecule has 8 nitrogen and oxygen atoms in total. The number of aliphatic carboxylic acids is 1. The van der Waals surface area contributed by atoms with Crippen LogP contribution in [0.1, 0.15) is 69.2 Å². The summed E-state index contributed by atoms with van der Waals surface area (Å²) in [7, 11) is 0. The average molecular weight is 477 g/mol. The lowest BCUT2D eigenvalue weighted by Crippen LogP contribution is -2.21. The van der Waals surface area contributed by atoms with Gasteiger partial charge in [-0.1, -0.05) is 51.5 Å². The second-order valence-corrected chi connectivity index (χ2v) is 10.3. The van der Waals surface area contributed by atoms with E-state index in [-0.39, 0.29) is 34.0 Å². The molecule has 0 amide bonds. The highest BCUT2D eigenvalue weighted by Gasteiger charge is 2.29. The number of aromatic nitrogens is 2. The molecule has 3 aromatic rings. The van der Waals surface area contributed by atoms with Gasteiger partial charge in [-0.15, -0.1) is 10.2 Å². The zero-order chi connectivity index (χ0) is 25.3. The maximum atomic E-state index is 13.1. The lowest BCUT2D eigenvalue weighted by molar-refractivity contribution is -0.143. The van der Waals surface area contributed by atoms with E-state index >= 15 is 0 Å². The molecule has 2 aromatic carbocycles. The Morgan fingerprint density at radius 1 is 1.09 bits per heavy atom. The molecule has 1 aromatic heterocycles. The maximum absolute atomic E-state index is 13.1. The summed E-state index contributed by atoms with van der Waals surface area (Å²) in [6.45, 7) is 8.15. The van der Waals surface area contributed by atoms with E-state index < -0.39 is 11.9 Å². The largest absolute Gasteiger partial charge is 0.505 e. The molecular formula is C27H32N4O4. The van der Waals surface area contributed by atoms with Crippen LogP contribution in [0.25, 0.3) is 5.69 Å². The molecule has 1 saturated carbocycles. The molecule has 2 atom stereocenters. The van der Waals surface area contributed by atoms with E-state index in [0.29, 0.717) is 29.8 Å². The molecule has 1 fully saturated rings. The number of azo groups is 1. The Hall–Kier alpha value is -3.68. The topological polar surface area (TPSA) is 120 Å². The zero-order valence-corrected chi connectivity index (χ0v) is 20.6. The highest BCUT2D eigenvalue weighted by atomic mass is 16.4. The Labute approximate surface area is 204 Å². The van der Waals surface area contributed by atoms with Gasteiger partial charge in [0.2, 0.25) is 0 Å². The minimum Gasteiger partial charge on any atom is -0.505 e. The SMILES string of the molecule is Cc1[nH]n(-c2ccc(C(C)(C)C)cc2)c(=O)c1N=Nc1cccc(C2CCCC(C(=O)O)C2)c1O. The number of benzene rings is 2. The number of carboxylic acid groups (broad SMARTS) is 1. The molecule has 2 unspecified atom stereocenters. The first kappa shape index (κ1) is 24.4. The maximum Gasteiger partial charge on any atom is 0.306 e. The fourth-order valence-electron chi connectivity index (χ4n) is 4.71. The minimum atomic E-state index is -0.794. The molecule has 0 radical (unpaired) electrons. The van der Waals surface area contributed by atoms with Gasteiger partial charge < -0.3 is 10.2 Å². The van der Waals surface area contributed by atoms with Gasteiger partial charge in [0.05, 0.1) is 17.3 Å². The predicted octanol–water partition coefficient (Wildman–Crippen LogP) is 6.25. The third-order valence-electron chi connectivity index (χ3n) is 6.80. The van der Waals surface area contributed by atoms with Crippen molar-refractivity contribution < 1.29 is 15.0 Å². The molecule has 0 saturated heterocycles. The Morgan fingerprint density at radius 2 is 1.80 bits per heavy atom. The van der Waals surface area contributed by atoms with Crippen LogP contribution in [0.15, 0.2) is 57.5 Å². The van der Waals surface area contributed by atoms with Crippen molar-refractivity contribution in [1.29, 1.82) is 0 Å². The van der Waals surface area contributed by atoms with Gasteiger partial charge >= 0.3 is 5.97 Å². The number of aromatic hydroxyl groups is 1. The van der Waals surface area contributed by atoms with Crippen molar-refractivity contribution in [3.8, 4) is 11.4 Å². The molecule has 1 aliphatic carbocycles. The van der Waals surface area contributed by atoms with Crippen LogP contribution in [0.3, 0.4) is 0 Å². The lowest BCUT2D eigenvalue weighted by atomic mass is 9.77. The highest BCUT2D eigenvalue weighted by molar-refractivity contribution is 5.70. The van der Waals surface area contributed by atoms with Crippen molar-refractivity contribution in [2.45, 2.75) is 64.7 Å². The lowest BCUT2D eigenvalue weighted by Gasteiger charge is -2.27. The summed E-state index contributed by atoms with van der Waals surface area (Å²) >= 11 is 0. The van der Waals surface area contributed by atoms with Crippen LogP contribution in [-0.4, -0.2) is 26.0 Å². The predicted molar refractivity (Wildman–Crippen MR) is 134 cm³/mol. The summed E-state index contributed by atoms with van der Waals surface area (Å²) in [4.78, 5) is 24.5. The van der Waals surface area contributed by atoms with E-state index in [2.05, 4.69) is 36.1 Å². The van der Waals surface area contributed by atoms with Crippen molar-refractivity contribution >= 4 is 17.3 Å². The van der Waals surface area contributed by atoms with Crippen LogP contribution in [0, 0.1) is 12.8 Å². The normalized spacial score (nSPS) is 18.7. The van der Waals surface area contributed by atoms with Gasteiger partial charge in [-0.25, -0.2) is 4.68 Å². The third-order valence-corrected chi connectivity index (χ3v) is 6.80. The summed E-state index contributed by atoms with van der Waals surface area (Å²) in [5, 5.41) is 31.7. The molecule has 0 aliphatic heterocycles. The van der Waals surface area contributed by atoms with Crippen LogP contribution >= 0.6 is 0 Å². The summed E-state index contributed by atoms with van der Waals surface area (Å²) < 4.78 is 1.43. The van der Waals surface area contributed by atoms with Crippen LogP contribution in [-0.2, 0) is 10.2 Å². The van der Waals surface area contributed by atoms with E-state index in [0.717, 1.165) is 12.8 Å². The Kier molecular flexibility index (Phi) is 6.65. The van der Waals surface area contributed by atoms with Gasteiger partial charge in [0.25, 0.3) is 5.56 Å². The van der Waals surface area contributed by atoms with Crippen LogP contribution < -0.4 is 5.56 Å². The number of phenols is 1. The van der Waals surface area contributed by atoms with Crippen LogP contribution in [0.4, 0.5) is 11.4 Å². The fraction of sp³-hybridized carbons (Fsp3) is 0.407. The van der Waals surface area contributed by atoms with Gasteiger partial charge in [0.15, 0.2) is 5.69 Å². The molecule has 0 bridgehead atoms. The molecule has 8 heteroatoms. The van der Waals surface area contributed by atoms with Crippen molar-refractivity contribution in [3.63, 3.8) is 0 Å². The first-order valence-electron chi connectivity index (χ1n) is 11.9. The van der Waals surface area contributed by atoms with Crippen molar-refractivity contribution in [3.05, 3.63) is 69.6 Å². The molecule has 184 valence electrons. The number of para-hydroxylation sites is 1. The number of phenolic OH excluding ortho intramolecular Hbond substituents is 1. The third kappa shape index (κ3) is 5.06. The Morgan fingerprint density at radius 3 is 2.46 bits per heavy atom. The highest BCUT2D eigenvalue weighted by Crippen LogP contribution is 2.43. The molecule has 35 heavy (non-hydrogen) atoms. The molecular weight excluding hydrogens is 444 g/mol. The van der Waals surface area contributed by atoms with Gasteiger partial charge in [0.1, 0.15) is 11.4 Å². The number of nitrogens with zero attached hydrogens (tertiary/aromatic N) is 3. The summed E-state index contributed by atoms with van der Waals surface area (Å²) in [6.07, 6.45) is 2.75.